The van der Waals surface area contributed by atoms with Crippen LogP contribution in [0.3, 0.4) is 0 Å². The first-order valence-corrected chi connectivity index (χ1v) is 6.14. The van der Waals surface area contributed by atoms with Crippen LogP contribution in [0.15, 0.2) is 52.3 Å². The Labute approximate surface area is 117 Å². The average molecular weight is 322 g/mol. The zero-order valence-electron chi connectivity index (χ0n) is 9.68. The van der Waals surface area contributed by atoms with Crippen molar-refractivity contribution in [3.63, 3.8) is 0 Å². The summed E-state index contributed by atoms with van der Waals surface area (Å²) in [6, 6.07) is 7.61. The molecule has 2 rings (SSSR count). The molecule has 4 nitrogen and oxygen atoms in total. The van der Waals surface area contributed by atoms with Crippen molar-refractivity contribution in [2.75, 3.05) is 0 Å². The minimum atomic E-state index is -0.349. The van der Waals surface area contributed by atoms with Crippen LogP contribution in [0.4, 0.5) is 4.39 Å². The van der Waals surface area contributed by atoms with Crippen molar-refractivity contribution < 1.29 is 9.18 Å². The molecule has 1 heterocycles. The molecule has 1 aromatic heterocycles. The lowest BCUT2D eigenvalue weighted by molar-refractivity contribution is 0.0955. The van der Waals surface area contributed by atoms with Crippen molar-refractivity contribution in [1.82, 2.24) is 10.4 Å². The standard InChI is InChI=1S/C13H9BrFN3O/c14-11-7-9(1-2-12(11)15)8-17-18-13(19)10-3-5-16-6-4-10/h1-8H,(H,18,19). The number of nitrogens with one attached hydrogen (secondary N) is 1. The first-order chi connectivity index (χ1) is 9.16. The molecule has 0 radical (unpaired) electrons. The number of pyridine rings is 1. The second-order valence-electron chi connectivity index (χ2n) is 3.61. The van der Waals surface area contributed by atoms with Crippen LogP contribution in [-0.2, 0) is 0 Å². The third kappa shape index (κ3) is 3.69. The maximum Gasteiger partial charge on any atom is 0.271 e. The van der Waals surface area contributed by atoms with Gasteiger partial charge in [0.15, 0.2) is 0 Å². The highest BCUT2D eigenvalue weighted by Gasteiger charge is 2.02. The summed E-state index contributed by atoms with van der Waals surface area (Å²) in [5, 5.41) is 3.80. The Balaban J connectivity index is 2.00. The van der Waals surface area contributed by atoms with E-state index in [0.717, 1.165) is 0 Å². The molecule has 1 aromatic carbocycles. The monoisotopic (exact) mass is 321 g/mol. The number of carbonyl (C=O) groups excluding carboxylic acids is 1. The zero-order chi connectivity index (χ0) is 13.7. The van der Waals surface area contributed by atoms with Crippen molar-refractivity contribution in [1.29, 1.82) is 0 Å². The molecule has 0 atom stereocenters. The Morgan fingerprint density at radius 3 is 2.74 bits per heavy atom. The molecule has 0 aliphatic heterocycles. The molecule has 0 fully saturated rings. The number of halogens is 2. The summed E-state index contributed by atoms with van der Waals surface area (Å²) in [6.07, 6.45) is 4.48. The number of amides is 1. The van der Waals surface area contributed by atoms with Gasteiger partial charge in [-0.15, -0.1) is 0 Å². The van der Waals surface area contributed by atoms with Gasteiger partial charge in [0, 0.05) is 18.0 Å². The van der Waals surface area contributed by atoms with E-state index < -0.39 is 0 Å². The summed E-state index contributed by atoms with van der Waals surface area (Å²) in [5.74, 6) is -0.683. The summed E-state index contributed by atoms with van der Waals surface area (Å²) in [6.45, 7) is 0. The summed E-state index contributed by atoms with van der Waals surface area (Å²) in [4.78, 5) is 15.4. The molecule has 0 saturated carbocycles. The second kappa shape index (κ2) is 6.19. The molecule has 2 aromatic rings. The summed E-state index contributed by atoms with van der Waals surface area (Å²) >= 11 is 3.07. The van der Waals surface area contributed by atoms with Gasteiger partial charge < -0.3 is 0 Å². The SMILES string of the molecule is O=C(NN=Cc1ccc(F)c(Br)c1)c1ccncc1. The van der Waals surface area contributed by atoms with Gasteiger partial charge in [0.05, 0.1) is 10.7 Å². The predicted octanol–water partition coefficient (Wildman–Crippen LogP) is 2.75. The van der Waals surface area contributed by atoms with Crippen LogP contribution < -0.4 is 5.43 Å². The van der Waals surface area contributed by atoms with Crippen molar-refractivity contribution in [3.05, 3.63) is 64.1 Å². The highest BCUT2D eigenvalue weighted by atomic mass is 79.9. The second-order valence-corrected chi connectivity index (χ2v) is 4.46. The molecular formula is C13H9BrFN3O. The van der Waals surface area contributed by atoms with Gasteiger partial charge in [-0.2, -0.15) is 5.10 Å². The fraction of sp³-hybridized carbons (Fsp3) is 0. The lowest BCUT2D eigenvalue weighted by Gasteiger charge is -1.99. The van der Waals surface area contributed by atoms with E-state index in [1.54, 1.807) is 24.3 Å². The van der Waals surface area contributed by atoms with E-state index in [1.165, 1.54) is 24.7 Å². The fourth-order valence-electron chi connectivity index (χ4n) is 1.33. The predicted molar refractivity (Wildman–Crippen MR) is 73.4 cm³/mol. The molecule has 0 spiro atoms. The van der Waals surface area contributed by atoms with Gasteiger partial charge in [-0.05, 0) is 45.8 Å². The smallest absolute Gasteiger partial charge is 0.267 e. The van der Waals surface area contributed by atoms with Crippen LogP contribution in [0.25, 0.3) is 0 Å². The van der Waals surface area contributed by atoms with Crippen LogP contribution in [0.1, 0.15) is 15.9 Å². The van der Waals surface area contributed by atoms with E-state index in [4.69, 9.17) is 0 Å². The van der Waals surface area contributed by atoms with E-state index in [-0.39, 0.29) is 11.7 Å². The van der Waals surface area contributed by atoms with Crippen LogP contribution in [0, 0.1) is 5.82 Å². The van der Waals surface area contributed by atoms with E-state index in [0.29, 0.717) is 15.6 Å². The van der Waals surface area contributed by atoms with Gasteiger partial charge in [-0.25, -0.2) is 9.82 Å². The summed E-state index contributed by atoms with van der Waals surface area (Å²) in [5.41, 5.74) is 3.51. The number of aromatic nitrogens is 1. The van der Waals surface area contributed by atoms with Crippen LogP contribution in [-0.4, -0.2) is 17.1 Å². The molecule has 0 saturated heterocycles. The Morgan fingerprint density at radius 1 is 1.32 bits per heavy atom. The Bertz CT molecular complexity index is 617. The summed E-state index contributed by atoms with van der Waals surface area (Å²) < 4.78 is 13.3. The van der Waals surface area contributed by atoms with Crippen molar-refractivity contribution >= 4 is 28.1 Å². The van der Waals surface area contributed by atoms with E-state index in [2.05, 4.69) is 31.4 Å². The molecule has 0 bridgehead atoms. The lowest BCUT2D eigenvalue weighted by atomic mass is 10.2. The maximum absolute atomic E-state index is 13.0. The largest absolute Gasteiger partial charge is 0.271 e. The fourth-order valence-corrected chi connectivity index (χ4v) is 1.72. The lowest BCUT2D eigenvalue weighted by Crippen LogP contribution is -2.17. The molecule has 6 heteroatoms. The third-order valence-electron chi connectivity index (χ3n) is 2.27. The number of hydrogen-bond acceptors (Lipinski definition) is 3. The van der Waals surface area contributed by atoms with E-state index in [9.17, 15) is 9.18 Å². The number of hydrazone groups is 1. The number of rotatable bonds is 3. The van der Waals surface area contributed by atoms with Crippen LogP contribution in [0.5, 0.6) is 0 Å². The van der Waals surface area contributed by atoms with Gasteiger partial charge >= 0.3 is 0 Å². The van der Waals surface area contributed by atoms with Gasteiger partial charge in [0.25, 0.3) is 5.91 Å². The summed E-state index contributed by atoms with van der Waals surface area (Å²) in [7, 11) is 0. The van der Waals surface area contributed by atoms with E-state index >= 15 is 0 Å². The minimum absolute atomic E-state index is 0.333. The molecule has 0 aliphatic carbocycles. The highest BCUT2D eigenvalue weighted by Crippen LogP contribution is 2.15. The topological polar surface area (TPSA) is 54.4 Å². The Kier molecular flexibility index (Phi) is 4.35. The van der Waals surface area contributed by atoms with Crippen molar-refractivity contribution in [2.24, 2.45) is 5.10 Å². The van der Waals surface area contributed by atoms with Crippen molar-refractivity contribution in [3.8, 4) is 0 Å². The number of carbonyl (C=O) groups is 1. The minimum Gasteiger partial charge on any atom is -0.267 e. The molecule has 96 valence electrons. The average Bonchev–Trinajstić information content (AvgIpc) is 2.43. The third-order valence-corrected chi connectivity index (χ3v) is 2.87. The molecular weight excluding hydrogens is 313 g/mol. The van der Waals surface area contributed by atoms with Gasteiger partial charge in [0.1, 0.15) is 5.82 Å². The number of hydrogen-bond donors (Lipinski definition) is 1. The quantitative estimate of drug-likeness (QED) is 0.698. The van der Waals surface area contributed by atoms with Crippen LogP contribution in [0.2, 0.25) is 0 Å². The Hall–Kier alpha value is -2.08. The Morgan fingerprint density at radius 2 is 2.05 bits per heavy atom. The highest BCUT2D eigenvalue weighted by molar-refractivity contribution is 9.10. The van der Waals surface area contributed by atoms with Crippen LogP contribution >= 0.6 is 15.9 Å². The molecule has 1 amide bonds. The van der Waals surface area contributed by atoms with Crippen molar-refractivity contribution in [2.45, 2.75) is 0 Å². The molecule has 1 N–H and O–H groups in total. The maximum atomic E-state index is 13.0. The number of benzene rings is 1. The zero-order valence-corrected chi connectivity index (χ0v) is 11.3. The molecule has 0 unspecified atom stereocenters. The molecule has 19 heavy (non-hydrogen) atoms. The first kappa shape index (κ1) is 13.4. The van der Waals surface area contributed by atoms with Gasteiger partial charge in [0.2, 0.25) is 0 Å². The first-order valence-electron chi connectivity index (χ1n) is 5.35. The van der Waals surface area contributed by atoms with E-state index in [1.807, 2.05) is 0 Å². The normalized spacial score (nSPS) is 10.6. The van der Waals surface area contributed by atoms with Gasteiger partial charge in [-0.3, -0.25) is 9.78 Å². The number of nitrogens with zero attached hydrogens (tertiary/aromatic N) is 2. The van der Waals surface area contributed by atoms with Gasteiger partial charge in [-0.1, -0.05) is 6.07 Å². The molecule has 0 aliphatic rings.